The summed E-state index contributed by atoms with van der Waals surface area (Å²) in [5.74, 6) is 0.884. The Morgan fingerprint density at radius 3 is 2.31 bits per heavy atom. The van der Waals surface area contributed by atoms with Crippen LogP contribution in [0.2, 0.25) is 0 Å². The normalized spacial score (nSPS) is 32.8. The first-order valence-corrected chi connectivity index (χ1v) is 7.07. The van der Waals surface area contributed by atoms with Crippen molar-refractivity contribution in [2.75, 3.05) is 19.7 Å². The molecule has 3 fully saturated rings. The molecule has 2 aliphatic heterocycles. The number of nitrogens with zero attached hydrogens (tertiary/aromatic N) is 1. The van der Waals surface area contributed by atoms with Crippen molar-refractivity contribution >= 4 is 0 Å². The molecular formula is C14H27NO. The molecule has 0 aromatic rings. The molecule has 0 aromatic carbocycles. The van der Waals surface area contributed by atoms with Crippen molar-refractivity contribution in [2.24, 2.45) is 5.92 Å². The highest BCUT2D eigenvalue weighted by Gasteiger charge is 2.50. The Kier molecular flexibility index (Phi) is 3.91. The van der Waals surface area contributed by atoms with Gasteiger partial charge in [0.1, 0.15) is 0 Å². The molecule has 2 heterocycles. The molecule has 1 saturated carbocycles. The monoisotopic (exact) mass is 225 g/mol. The van der Waals surface area contributed by atoms with Crippen LogP contribution in [-0.2, 0) is 4.74 Å². The van der Waals surface area contributed by atoms with Gasteiger partial charge in [-0.15, -0.1) is 0 Å². The van der Waals surface area contributed by atoms with Gasteiger partial charge < -0.3 is 4.74 Å². The molecule has 0 unspecified atom stereocenters. The first-order chi connectivity index (χ1) is 7.69. The van der Waals surface area contributed by atoms with Gasteiger partial charge >= 0.3 is 0 Å². The summed E-state index contributed by atoms with van der Waals surface area (Å²) in [5, 5.41) is 0. The molecule has 2 nitrogen and oxygen atoms in total. The van der Waals surface area contributed by atoms with Gasteiger partial charge in [-0.1, -0.05) is 27.2 Å². The summed E-state index contributed by atoms with van der Waals surface area (Å²) in [7, 11) is 0. The summed E-state index contributed by atoms with van der Waals surface area (Å²) in [6.45, 7) is 10.1. The van der Waals surface area contributed by atoms with E-state index in [0.717, 1.165) is 18.6 Å². The van der Waals surface area contributed by atoms with E-state index in [1.54, 1.807) is 0 Å². The van der Waals surface area contributed by atoms with Crippen molar-refractivity contribution in [3.63, 3.8) is 0 Å². The predicted octanol–water partition coefficient (Wildman–Crippen LogP) is 3.07. The van der Waals surface area contributed by atoms with Gasteiger partial charge in [0.05, 0.1) is 5.60 Å². The van der Waals surface area contributed by atoms with Crippen molar-refractivity contribution in [1.29, 1.82) is 0 Å². The van der Waals surface area contributed by atoms with Crippen LogP contribution in [-0.4, -0.2) is 36.2 Å². The van der Waals surface area contributed by atoms with E-state index in [2.05, 4.69) is 25.7 Å². The van der Waals surface area contributed by atoms with E-state index >= 15 is 0 Å². The number of rotatable bonds is 1. The van der Waals surface area contributed by atoms with E-state index in [9.17, 15) is 0 Å². The molecule has 3 aliphatic rings. The standard InChI is InChI=1S/C11H19NO.C3H8/c1-9-4-5-13-11(6-9)7-12(8-11)10-2-3-10;1-3-2/h9-10H,2-8H2,1H3;3H2,1-2H3/t9-;/m1./s1. The molecule has 0 aromatic heterocycles. The van der Waals surface area contributed by atoms with Gasteiger partial charge in [0, 0.05) is 25.7 Å². The van der Waals surface area contributed by atoms with Crippen molar-refractivity contribution in [3.05, 3.63) is 0 Å². The smallest absolute Gasteiger partial charge is 0.0937 e. The Morgan fingerprint density at radius 2 is 1.81 bits per heavy atom. The molecule has 94 valence electrons. The van der Waals surface area contributed by atoms with Crippen molar-refractivity contribution in [3.8, 4) is 0 Å². The van der Waals surface area contributed by atoms with E-state index in [1.807, 2.05) is 0 Å². The molecule has 0 N–H and O–H groups in total. The zero-order chi connectivity index (χ0) is 11.6. The molecule has 0 radical (unpaired) electrons. The number of ether oxygens (including phenoxy) is 1. The molecule has 1 aliphatic carbocycles. The van der Waals surface area contributed by atoms with Gasteiger partial charge in [-0.3, -0.25) is 4.90 Å². The SMILES string of the molecule is CCC.C[C@@H]1CCOC2(C1)CN(C1CC1)C2. The fraction of sp³-hybridized carbons (Fsp3) is 1.00. The second kappa shape index (κ2) is 5.05. The Hall–Kier alpha value is -0.0800. The number of hydrogen-bond acceptors (Lipinski definition) is 2. The molecule has 2 saturated heterocycles. The molecular weight excluding hydrogens is 198 g/mol. The minimum atomic E-state index is 0.292. The zero-order valence-corrected chi connectivity index (χ0v) is 11.2. The summed E-state index contributed by atoms with van der Waals surface area (Å²) in [6, 6.07) is 0.937. The average Bonchev–Trinajstić information content (AvgIpc) is 2.98. The fourth-order valence-electron chi connectivity index (χ4n) is 2.88. The number of likely N-dealkylation sites (tertiary alicyclic amines) is 1. The van der Waals surface area contributed by atoms with Gasteiger partial charge in [0.25, 0.3) is 0 Å². The average molecular weight is 225 g/mol. The van der Waals surface area contributed by atoms with Gasteiger partial charge in [-0.2, -0.15) is 0 Å². The lowest BCUT2D eigenvalue weighted by Crippen LogP contribution is -2.65. The van der Waals surface area contributed by atoms with Gasteiger partial charge in [0.2, 0.25) is 0 Å². The zero-order valence-electron chi connectivity index (χ0n) is 11.2. The largest absolute Gasteiger partial charge is 0.372 e. The van der Waals surface area contributed by atoms with Crippen LogP contribution in [0.3, 0.4) is 0 Å². The third-order valence-corrected chi connectivity index (χ3v) is 3.79. The topological polar surface area (TPSA) is 12.5 Å². The number of hydrogen-bond donors (Lipinski definition) is 0. The van der Waals surface area contributed by atoms with E-state index in [-0.39, 0.29) is 0 Å². The van der Waals surface area contributed by atoms with Gasteiger partial charge in [-0.25, -0.2) is 0 Å². The molecule has 0 bridgehead atoms. The lowest BCUT2D eigenvalue weighted by atomic mass is 9.81. The highest BCUT2D eigenvalue weighted by molar-refractivity contribution is 5.04. The van der Waals surface area contributed by atoms with Crippen LogP contribution in [0.15, 0.2) is 0 Å². The summed E-state index contributed by atoms with van der Waals surface area (Å²) < 4.78 is 5.94. The highest BCUT2D eigenvalue weighted by atomic mass is 16.5. The Labute approximate surface area is 100 Å². The molecule has 3 rings (SSSR count). The van der Waals surface area contributed by atoms with Crippen molar-refractivity contribution < 1.29 is 4.74 Å². The summed E-state index contributed by atoms with van der Waals surface area (Å²) in [4.78, 5) is 2.61. The first-order valence-electron chi connectivity index (χ1n) is 7.07. The van der Waals surface area contributed by atoms with E-state index < -0.39 is 0 Å². The Morgan fingerprint density at radius 1 is 1.19 bits per heavy atom. The highest BCUT2D eigenvalue weighted by Crippen LogP contribution is 2.41. The summed E-state index contributed by atoms with van der Waals surface area (Å²) in [6.07, 6.45) is 6.69. The third-order valence-electron chi connectivity index (χ3n) is 3.79. The van der Waals surface area contributed by atoms with E-state index in [4.69, 9.17) is 4.74 Å². The summed E-state index contributed by atoms with van der Waals surface area (Å²) >= 11 is 0. The van der Waals surface area contributed by atoms with Crippen molar-refractivity contribution in [1.82, 2.24) is 4.90 Å². The molecule has 1 spiro atoms. The van der Waals surface area contributed by atoms with Crippen LogP contribution in [0, 0.1) is 5.92 Å². The van der Waals surface area contributed by atoms with Crippen LogP contribution >= 0.6 is 0 Å². The lowest BCUT2D eigenvalue weighted by Gasteiger charge is -2.53. The molecule has 16 heavy (non-hydrogen) atoms. The minimum absolute atomic E-state index is 0.292. The van der Waals surface area contributed by atoms with Gasteiger partial charge in [-0.05, 0) is 31.6 Å². The maximum atomic E-state index is 5.94. The van der Waals surface area contributed by atoms with Crippen molar-refractivity contribution in [2.45, 2.75) is 64.5 Å². The van der Waals surface area contributed by atoms with E-state index in [1.165, 1.54) is 45.2 Å². The van der Waals surface area contributed by atoms with Crippen LogP contribution in [0.5, 0.6) is 0 Å². The molecule has 1 atom stereocenters. The lowest BCUT2D eigenvalue weighted by molar-refractivity contribution is -0.179. The summed E-state index contributed by atoms with van der Waals surface area (Å²) in [5.41, 5.74) is 0.292. The second-order valence-corrected chi connectivity index (χ2v) is 5.97. The second-order valence-electron chi connectivity index (χ2n) is 5.97. The Bertz CT molecular complexity index is 219. The minimum Gasteiger partial charge on any atom is -0.372 e. The van der Waals surface area contributed by atoms with Crippen LogP contribution in [0.1, 0.15) is 52.9 Å². The van der Waals surface area contributed by atoms with Crippen LogP contribution in [0.4, 0.5) is 0 Å². The van der Waals surface area contributed by atoms with Crippen LogP contribution < -0.4 is 0 Å². The van der Waals surface area contributed by atoms with E-state index in [0.29, 0.717) is 5.60 Å². The Balaban J connectivity index is 0.000000292. The fourth-order valence-corrected chi connectivity index (χ4v) is 2.88. The maximum absolute atomic E-state index is 5.94. The molecule has 0 amide bonds. The predicted molar refractivity (Wildman–Crippen MR) is 67.6 cm³/mol. The van der Waals surface area contributed by atoms with Gasteiger partial charge in [0.15, 0.2) is 0 Å². The third kappa shape index (κ3) is 2.78. The molecule has 2 heteroatoms. The first kappa shape index (κ1) is 12.4. The quantitative estimate of drug-likeness (QED) is 0.680. The maximum Gasteiger partial charge on any atom is 0.0937 e. The van der Waals surface area contributed by atoms with Crippen LogP contribution in [0.25, 0.3) is 0 Å².